The molecule has 0 aromatic carbocycles. The fraction of sp³-hybridized carbons (Fsp3) is 0.643. The van der Waals surface area contributed by atoms with Crippen molar-refractivity contribution in [2.75, 3.05) is 19.6 Å². The molecule has 0 bridgehead atoms. The molecule has 0 unspecified atom stereocenters. The normalized spacial score (nSPS) is 23.3. The molecule has 1 aliphatic carbocycles. The summed E-state index contributed by atoms with van der Waals surface area (Å²) in [5, 5.41) is 3.38. The van der Waals surface area contributed by atoms with Crippen molar-refractivity contribution in [3.63, 3.8) is 0 Å². The number of piperazine rings is 1. The van der Waals surface area contributed by atoms with E-state index in [1.807, 2.05) is 0 Å². The molecule has 0 amide bonds. The van der Waals surface area contributed by atoms with Gasteiger partial charge in [0.15, 0.2) is 0 Å². The molecule has 1 aromatic heterocycles. The van der Waals surface area contributed by atoms with Crippen LogP contribution in [-0.4, -0.2) is 42.9 Å². The first kappa shape index (κ1) is 15.4. The fourth-order valence-electron chi connectivity index (χ4n) is 3.50. The molecule has 1 saturated carbocycles. The summed E-state index contributed by atoms with van der Waals surface area (Å²) in [4.78, 5) is 4.29. The van der Waals surface area contributed by atoms with Gasteiger partial charge in [0.1, 0.15) is 4.90 Å². The minimum absolute atomic E-state index is 0.252. The molecule has 1 aliphatic heterocycles. The smallest absolute Gasteiger partial charge is 0.245 e. The van der Waals surface area contributed by atoms with Crippen molar-refractivity contribution >= 4 is 26.0 Å². The molecule has 1 aromatic rings. The Morgan fingerprint density at radius 3 is 2.71 bits per heavy atom. The number of halogens is 1. The minimum atomic E-state index is -3.49. The van der Waals surface area contributed by atoms with E-state index in [-0.39, 0.29) is 10.4 Å². The molecule has 3 rings (SSSR count). The quantitative estimate of drug-likeness (QED) is 0.862. The first-order valence-corrected chi connectivity index (χ1v) is 9.62. The van der Waals surface area contributed by atoms with E-state index in [2.05, 4.69) is 26.2 Å². The monoisotopic (exact) mass is 373 g/mol. The lowest BCUT2D eigenvalue weighted by Crippen LogP contribution is -2.63. The van der Waals surface area contributed by atoms with Gasteiger partial charge in [-0.15, -0.1) is 0 Å². The SMILES string of the molecule is O=S(=O)(c1cncc(Br)c1)N1CCNCC12CCCCC2. The molecular weight excluding hydrogens is 354 g/mol. The largest absolute Gasteiger partial charge is 0.314 e. The van der Waals surface area contributed by atoms with Gasteiger partial charge in [-0.3, -0.25) is 4.98 Å². The van der Waals surface area contributed by atoms with Gasteiger partial charge in [0.2, 0.25) is 10.0 Å². The number of aromatic nitrogens is 1. The van der Waals surface area contributed by atoms with Gasteiger partial charge in [-0.1, -0.05) is 19.3 Å². The van der Waals surface area contributed by atoms with Crippen LogP contribution in [-0.2, 0) is 10.0 Å². The lowest BCUT2D eigenvalue weighted by atomic mass is 9.80. The number of pyridine rings is 1. The van der Waals surface area contributed by atoms with Crippen molar-refractivity contribution in [3.8, 4) is 0 Å². The topological polar surface area (TPSA) is 62.3 Å². The van der Waals surface area contributed by atoms with Crippen molar-refractivity contribution < 1.29 is 8.42 Å². The molecule has 7 heteroatoms. The molecule has 0 radical (unpaired) electrons. The third-order valence-corrected chi connectivity index (χ3v) is 6.93. The molecule has 2 aliphatic rings. The molecule has 2 heterocycles. The molecule has 1 saturated heterocycles. The van der Waals surface area contributed by atoms with Crippen molar-refractivity contribution in [2.24, 2.45) is 0 Å². The standard InChI is InChI=1S/C14H20BrN3O2S/c15-12-8-13(10-17-9-12)21(19,20)18-7-6-16-11-14(18)4-2-1-3-5-14/h8-10,16H,1-7,11H2. The van der Waals surface area contributed by atoms with Crippen molar-refractivity contribution in [2.45, 2.75) is 42.5 Å². The summed E-state index contributed by atoms with van der Waals surface area (Å²) in [6.45, 7) is 2.00. The van der Waals surface area contributed by atoms with Gasteiger partial charge in [-0.05, 0) is 34.8 Å². The second-order valence-corrected chi connectivity index (χ2v) is 8.66. The summed E-state index contributed by atoms with van der Waals surface area (Å²) >= 11 is 3.31. The Hall–Kier alpha value is -0.500. The highest BCUT2D eigenvalue weighted by Crippen LogP contribution is 2.38. The fourth-order valence-corrected chi connectivity index (χ4v) is 5.83. The van der Waals surface area contributed by atoms with Crippen molar-refractivity contribution in [1.29, 1.82) is 0 Å². The Labute approximate surface area is 134 Å². The second kappa shape index (κ2) is 5.95. The molecule has 5 nitrogen and oxygen atoms in total. The number of hydrogen-bond acceptors (Lipinski definition) is 4. The highest BCUT2D eigenvalue weighted by atomic mass is 79.9. The number of nitrogens with zero attached hydrogens (tertiary/aromatic N) is 2. The summed E-state index contributed by atoms with van der Waals surface area (Å²) in [6, 6.07) is 1.64. The summed E-state index contributed by atoms with van der Waals surface area (Å²) in [7, 11) is -3.49. The lowest BCUT2D eigenvalue weighted by Gasteiger charge is -2.48. The van der Waals surface area contributed by atoms with Crippen LogP contribution in [0, 0.1) is 0 Å². The number of nitrogens with one attached hydrogen (secondary N) is 1. The number of hydrogen-bond donors (Lipinski definition) is 1. The van der Waals surface area contributed by atoms with E-state index in [0.29, 0.717) is 17.6 Å². The molecule has 0 atom stereocenters. The van der Waals surface area contributed by atoms with Gasteiger partial charge in [0, 0.05) is 42.0 Å². The van der Waals surface area contributed by atoms with Crippen LogP contribution in [0.25, 0.3) is 0 Å². The van der Waals surface area contributed by atoms with Crippen molar-refractivity contribution in [1.82, 2.24) is 14.6 Å². The van der Waals surface area contributed by atoms with Gasteiger partial charge in [-0.25, -0.2) is 8.42 Å². The van der Waals surface area contributed by atoms with E-state index < -0.39 is 10.0 Å². The Morgan fingerprint density at radius 2 is 2.00 bits per heavy atom. The summed E-state index contributed by atoms with van der Waals surface area (Å²) in [6.07, 6.45) is 8.34. The van der Waals surface area contributed by atoms with Gasteiger partial charge < -0.3 is 5.32 Å². The average Bonchev–Trinajstić information content (AvgIpc) is 2.48. The van der Waals surface area contributed by atoms with Crippen LogP contribution >= 0.6 is 15.9 Å². The molecule has 2 fully saturated rings. The van der Waals surface area contributed by atoms with E-state index in [0.717, 1.165) is 32.2 Å². The molecule has 116 valence electrons. The highest BCUT2D eigenvalue weighted by Gasteiger charge is 2.46. The summed E-state index contributed by atoms with van der Waals surface area (Å²) < 4.78 is 28.5. The Balaban J connectivity index is 1.99. The van der Waals surface area contributed by atoms with Crippen molar-refractivity contribution in [3.05, 3.63) is 22.9 Å². The zero-order valence-electron chi connectivity index (χ0n) is 11.9. The predicted molar refractivity (Wildman–Crippen MR) is 84.5 cm³/mol. The van der Waals surface area contributed by atoms with Crippen LogP contribution in [0.5, 0.6) is 0 Å². The Morgan fingerprint density at radius 1 is 1.24 bits per heavy atom. The lowest BCUT2D eigenvalue weighted by molar-refractivity contribution is 0.101. The van der Waals surface area contributed by atoms with Crippen LogP contribution in [0.2, 0.25) is 0 Å². The molecule has 1 spiro atoms. The van der Waals surface area contributed by atoms with Gasteiger partial charge in [-0.2, -0.15) is 4.31 Å². The highest BCUT2D eigenvalue weighted by molar-refractivity contribution is 9.10. The maximum Gasteiger partial charge on any atom is 0.245 e. The Bertz CT molecular complexity index is 606. The van der Waals surface area contributed by atoms with E-state index in [9.17, 15) is 8.42 Å². The maximum absolute atomic E-state index is 13.1. The zero-order valence-corrected chi connectivity index (χ0v) is 14.3. The van der Waals surface area contributed by atoms with Crippen LogP contribution < -0.4 is 5.32 Å². The average molecular weight is 374 g/mol. The predicted octanol–water partition coefficient (Wildman–Crippen LogP) is 2.14. The number of sulfonamides is 1. The van der Waals surface area contributed by atoms with E-state index in [1.165, 1.54) is 12.6 Å². The number of rotatable bonds is 2. The van der Waals surface area contributed by atoms with Gasteiger partial charge in [0.25, 0.3) is 0 Å². The third-order valence-electron chi connectivity index (χ3n) is 4.53. The first-order chi connectivity index (χ1) is 10.0. The Kier molecular flexibility index (Phi) is 4.36. The molecular formula is C14H20BrN3O2S. The third kappa shape index (κ3) is 2.88. The molecule has 1 N–H and O–H groups in total. The van der Waals surface area contributed by atoms with Crippen LogP contribution in [0.3, 0.4) is 0 Å². The summed E-state index contributed by atoms with van der Waals surface area (Å²) in [5.74, 6) is 0. The maximum atomic E-state index is 13.1. The van der Waals surface area contributed by atoms with Crippen LogP contribution in [0.4, 0.5) is 0 Å². The van der Waals surface area contributed by atoms with E-state index >= 15 is 0 Å². The first-order valence-electron chi connectivity index (χ1n) is 7.39. The van der Waals surface area contributed by atoms with Crippen LogP contribution in [0.1, 0.15) is 32.1 Å². The summed E-state index contributed by atoms with van der Waals surface area (Å²) in [5.41, 5.74) is -0.252. The van der Waals surface area contributed by atoms with E-state index in [1.54, 1.807) is 16.6 Å². The van der Waals surface area contributed by atoms with Gasteiger partial charge in [0.05, 0.1) is 0 Å². The van der Waals surface area contributed by atoms with Crippen LogP contribution in [0.15, 0.2) is 27.8 Å². The minimum Gasteiger partial charge on any atom is -0.314 e. The van der Waals surface area contributed by atoms with E-state index in [4.69, 9.17) is 0 Å². The second-order valence-electron chi connectivity index (χ2n) is 5.88. The van der Waals surface area contributed by atoms with Gasteiger partial charge >= 0.3 is 0 Å². The zero-order chi connectivity index (χ0) is 14.9. The molecule has 21 heavy (non-hydrogen) atoms.